The van der Waals surface area contributed by atoms with Crippen molar-refractivity contribution in [1.29, 1.82) is 0 Å². The lowest BCUT2D eigenvalue weighted by Gasteiger charge is -2.08. The number of hydrogen-bond acceptors (Lipinski definition) is 4. The molecule has 0 saturated carbocycles. The number of ether oxygens (including phenoxy) is 1. The summed E-state index contributed by atoms with van der Waals surface area (Å²) in [6, 6.07) is 0. The molecule has 4 nitrogen and oxygen atoms in total. The molecule has 216 valence electrons. The molecule has 0 spiro atoms. The Labute approximate surface area is 225 Å². The molecule has 0 aromatic heterocycles. The summed E-state index contributed by atoms with van der Waals surface area (Å²) >= 11 is 0. The summed E-state index contributed by atoms with van der Waals surface area (Å²) in [5.41, 5.74) is 0. The highest BCUT2D eigenvalue weighted by atomic mass is 16.5. The van der Waals surface area contributed by atoms with E-state index < -0.39 is 6.10 Å². The minimum absolute atomic E-state index is 0.102. The van der Waals surface area contributed by atoms with Gasteiger partial charge < -0.3 is 14.9 Å². The fourth-order valence-corrected chi connectivity index (χ4v) is 4.90. The van der Waals surface area contributed by atoms with Crippen LogP contribution in [0, 0.1) is 0 Å². The molecular weight excluding hydrogens is 448 g/mol. The van der Waals surface area contributed by atoms with Crippen molar-refractivity contribution in [3.8, 4) is 0 Å². The van der Waals surface area contributed by atoms with Crippen molar-refractivity contribution >= 4 is 5.97 Å². The molecule has 0 amide bonds. The number of aliphatic hydroxyl groups excluding tert-OH is 2. The van der Waals surface area contributed by atoms with Crippen LogP contribution in [-0.4, -0.2) is 35.5 Å². The maximum absolute atomic E-state index is 11.5. The van der Waals surface area contributed by atoms with Crippen molar-refractivity contribution in [2.75, 3.05) is 13.2 Å². The summed E-state index contributed by atoms with van der Waals surface area (Å²) in [5, 5.41) is 17.8. The third kappa shape index (κ3) is 29.6. The third-order valence-electron chi connectivity index (χ3n) is 7.38. The Hall–Kier alpha value is -0.610. The maximum atomic E-state index is 11.5. The van der Waals surface area contributed by atoms with Crippen LogP contribution in [-0.2, 0) is 9.53 Å². The van der Waals surface area contributed by atoms with Crippen LogP contribution in [0.4, 0.5) is 0 Å². The van der Waals surface area contributed by atoms with E-state index in [0.29, 0.717) is 6.42 Å². The van der Waals surface area contributed by atoms with E-state index in [1.807, 2.05) is 0 Å². The Kier molecular flexibility index (Phi) is 30.1. The summed E-state index contributed by atoms with van der Waals surface area (Å²) in [6.45, 7) is 1.82. The van der Waals surface area contributed by atoms with E-state index in [-0.39, 0.29) is 19.2 Å². The number of rotatable bonds is 30. The Balaban J connectivity index is 3.09. The Morgan fingerprint density at radius 1 is 0.528 bits per heavy atom. The zero-order valence-electron chi connectivity index (χ0n) is 24.3. The molecule has 1 atom stereocenters. The highest BCUT2D eigenvalue weighted by molar-refractivity contribution is 5.69. The lowest BCUT2D eigenvalue weighted by molar-refractivity contribution is -0.147. The number of unbranched alkanes of at least 4 members (excludes halogenated alkanes) is 25. The molecule has 0 fully saturated rings. The number of carbonyl (C=O) groups is 1. The van der Waals surface area contributed by atoms with Gasteiger partial charge in [-0.2, -0.15) is 0 Å². The van der Waals surface area contributed by atoms with E-state index in [2.05, 4.69) is 6.92 Å². The van der Waals surface area contributed by atoms with Crippen molar-refractivity contribution in [1.82, 2.24) is 0 Å². The number of aliphatic hydroxyl groups is 2. The zero-order chi connectivity index (χ0) is 26.4. The van der Waals surface area contributed by atoms with Gasteiger partial charge in [-0.05, 0) is 6.42 Å². The molecule has 0 heterocycles. The normalized spacial score (nSPS) is 12.2. The predicted octanol–water partition coefficient (Wildman–Crippen LogP) is 9.44. The van der Waals surface area contributed by atoms with Gasteiger partial charge in [0.05, 0.1) is 6.61 Å². The van der Waals surface area contributed by atoms with Crippen LogP contribution in [0.5, 0.6) is 0 Å². The summed E-state index contributed by atoms with van der Waals surface area (Å²) in [6.07, 6.45) is 35.2. The molecule has 2 N–H and O–H groups in total. The van der Waals surface area contributed by atoms with Gasteiger partial charge in [0.2, 0.25) is 0 Å². The standard InChI is InChI=1S/C32H64O4/c1-2-3-4-5-6-7-8-9-10-11-12-13-14-15-16-17-18-19-20-21-22-23-24-25-26-27-28-32(35)36-30-31(34)29-33/h31,33-34H,2-30H2,1H3/t31-/m1/s1. The van der Waals surface area contributed by atoms with E-state index in [1.165, 1.54) is 154 Å². The minimum Gasteiger partial charge on any atom is -0.463 e. The molecular formula is C32H64O4. The topological polar surface area (TPSA) is 66.8 Å². The summed E-state index contributed by atoms with van der Waals surface area (Å²) in [7, 11) is 0. The Morgan fingerprint density at radius 2 is 0.806 bits per heavy atom. The summed E-state index contributed by atoms with van der Waals surface area (Å²) < 4.78 is 4.90. The van der Waals surface area contributed by atoms with Crippen molar-refractivity contribution < 1.29 is 19.7 Å². The van der Waals surface area contributed by atoms with Crippen molar-refractivity contribution in [2.24, 2.45) is 0 Å². The van der Waals surface area contributed by atoms with Crippen LogP contribution in [0.15, 0.2) is 0 Å². The number of carbonyl (C=O) groups excluding carboxylic acids is 1. The molecule has 0 radical (unpaired) electrons. The van der Waals surface area contributed by atoms with E-state index in [4.69, 9.17) is 14.9 Å². The van der Waals surface area contributed by atoms with Crippen LogP contribution in [0.1, 0.15) is 180 Å². The van der Waals surface area contributed by atoms with Crippen LogP contribution in [0.2, 0.25) is 0 Å². The van der Waals surface area contributed by atoms with E-state index in [9.17, 15) is 4.79 Å². The smallest absolute Gasteiger partial charge is 0.305 e. The fraction of sp³-hybridized carbons (Fsp3) is 0.969. The molecule has 0 bridgehead atoms. The van der Waals surface area contributed by atoms with Gasteiger partial charge in [0.25, 0.3) is 0 Å². The van der Waals surface area contributed by atoms with Crippen molar-refractivity contribution in [3.05, 3.63) is 0 Å². The second kappa shape index (κ2) is 30.6. The molecule has 36 heavy (non-hydrogen) atoms. The van der Waals surface area contributed by atoms with Crippen LogP contribution >= 0.6 is 0 Å². The molecule has 0 aliphatic heterocycles. The molecule has 0 aromatic rings. The number of hydrogen-bond donors (Lipinski definition) is 2. The summed E-state index contributed by atoms with van der Waals surface area (Å²) in [4.78, 5) is 11.5. The maximum Gasteiger partial charge on any atom is 0.305 e. The van der Waals surface area contributed by atoms with Crippen LogP contribution in [0.3, 0.4) is 0 Å². The first-order valence-electron chi connectivity index (χ1n) is 16.1. The molecule has 0 saturated heterocycles. The molecule has 0 rings (SSSR count). The average molecular weight is 513 g/mol. The highest BCUT2D eigenvalue weighted by Gasteiger charge is 2.07. The van der Waals surface area contributed by atoms with Crippen molar-refractivity contribution in [3.63, 3.8) is 0 Å². The Morgan fingerprint density at radius 3 is 1.08 bits per heavy atom. The second-order valence-corrected chi connectivity index (χ2v) is 11.1. The highest BCUT2D eigenvalue weighted by Crippen LogP contribution is 2.16. The van der Waals surface area contributed by atoms with Crippen LogP contribution in [0.25, 0.3) is 0 Å². The second-order valence-electron chi connectivity index (χ2n) is 11.1. The fourth-order valence-electron chi connectivity index (χ4n) is 4.90. The lowest BCUT2D eigenvalue weighted by atomic mass is 10.0. The Bertz CT molecular complexity index is 426. The van der Waals surface area contributed by atoms with Gasteiger partial charge in [0.15, 0.2) is 0 Å². The first-order chi connectivity index (χ1) is 17.7. The summed E-state index contributed by atoms with van der Waals surface area (Å²) in [5.74, 6) is -0.271. The zero-order valence-corrected chi connectivity index (χ0v) is 24.3. The first kappa shape index (κ1) is 35.4. The molecule has 0 aliphatic rings. The monoisotopic (exact) mass is 512 g/mol. The molecule has 0 aliphatic carbocycles. The predicted molar refractivity (Wildman–Crippen MR) is 154 cm³/mol. The largest absolute Gasteiger partial charge is 0.463 e. The van der Waals surface area contributed by atoms with Crippen molar-refractivity contribution in [2.45, 2.75) is 186 Å². The lowest BCUT2D eigenvalue weighted by Crippen LogP contribution is -2.21. The van der Waals surface area contributed by atoms with Gasteiger partial charge in [-0.25, -0.2) is 0 Å². The van der Waals surface area contributed by atoms with Gasteiger partial charge in [-0.15, -0.1) is 0 Å². The van der Waals surface area contributed by atoms with Gasteiger partial charge >= 0.3 is 5.97 Å². The molecule has 0 unspecified atom stereocenters. The van der Waals surface area contributed by atoms with Gasteiger partial charge in [0.1, 0.15) is 12.7 Å². The minimum atomic E-state index is -0.956. The van der Waals surface area contributed by atoms with E-state index in [1.54, 1.807) is 0 Å². The van der Waals surface area contributed by atoms with Gasteiger partial charge in [-0.3, -0.25) is 4.79 Å². The molecule has 0 aromatic carbocycles. The molecule has 4 heteroatoms. The van der Waals surface area contributed by atoms with Gasteiger partial charge in [0, 0.05) is 6.42 Å². The van der Waals surface area contributed by atoms with Crippen LogP contribution < -0.4 is 0 Å². The van der Waals surface area contributed by atoms with E-state index >= 15 is 0 Å². The van der Waals surface area contributed by atoms with Gasteiger partial charge in [-0.1, -0.05) is 167 Å². The third-order valence-corrected chi connectivity index (χ3v) is 7.38. The first-order valence-corrected chi connectivity index (χ1v) is 16.1. The van der Waals surface area contributed by atoms with E-state index in [0.717, 1.165) is 12.8 Å². The SMILES string of the molecule is CCCCCCCCCCCCCCCCCCCCCCCCCCCCC(=O)OC[C@H](O)CO. The average Bonchev–Trinajstić information content (AvgIpc) is 2.89. The quantitative estimate of drug-likeness (QED) is 0.0743. The number of esters is 1.